The minimum atomic E-state index is 0.121. The summed E-state index contributed by atoms with van der Waals surface area (Å²) in [6.07, 6.45) is 2.54. The quantitative estimate of drug-likeness (QED) is 0.663. The van der Waals surface area contributed by atoms with Crippen LogP contribution in [0.4, 0.5) is 0 Å². The summed E-state index contributed by atoms with van der Waals surface area (Å²) in [5.74, 6) is 0.412. The van der Waals surface area contributed by atoms with E-state index in [0.717, 1.165) is 52.2 Å². The number of hydrogen-bond acceptors (Lipinski definition) is 3. The Morgan fingerprint density at radius 3 is 2.32 bits per heavy atom. The first-order valence-electron chi connectivity index (χ1n) is 7.67. The molecule has 112 valence electrons. The number of ether oxygens (including phenoxy) is 1. The van der Waals surface area contributed by atoms with Crippen LogP contribution in [0.1, 0.15) is 40.5 Å². The van der Waals surface area contributed by atoms with E-state index in [-0.39, 0.29) is 5.92 Å². The van der Waals surface area contributed by atoms with Crippen LogP contribution in [0.3, 0.4) is 0 Å². The van der Waals surface area contributed by atoms with Gasteiger partial charge >= 0.3 is 0 Å². The van der Waals surface area contributed by atoms with E-state index in [1.807, 2.05) is 18.7 Å². The highest BCUT2D eigenvalue weighted by atomic mass is 16.5. The van der Waals surface area contributed by atoms with Crippen LogP contribution in [-0.2, 0) is 9.53 Å². The molecule has 19 heavy (non-hydrogen) atoms. The number of piperazine rings is 1. The van der Waals surface area contributed by atoms with Crippen LogP contribution in [0.25, 0.3) is 0 Å². The van der Waals surface area contributed by atoms with Crippen LogP contribution < -0.4 is 0 Å². The van der Waals surface area contributed by atoms with Gasteiger partial charge in [0.15, 0.2) is 0 Å². The summed E-state index contributed by atoms with van der Waals surface area (Å²) in [6, 6.07) is 0. The largest absolute Gasteiger partial charge is 0.378 e. The molecule has 1 amide bonds. The monoisotopic (exact) mass is 270 g/mol. The fourth-order valence-corrected chi connectivity index (χ4v) is 2.25. The minimum Gasteiger partial charge on any atom is -0.378 e. The van der Waals surface area contributed by atoms with Gasteiger partial charge in [0.2, 0.25) is 5.91 Å². The molecular formula is C15H30N2O2. The van der Waals surface area contributed by atoms with Crippen LogP contribution in [-0.4, -0.2) is 61.1 Å². The molecule has 0 saturated carbocycles. The number of amides is 1. The fraction of sp³-hybridized carbons (Fsp3) is 0.933. The number of carbonyl (C=O) groups excluding carboxylic acids is 1. The zero-order valence-electron chi connectivity index (χ0n) is 13.0. The molecule has 0 N–H and O–H groups in total. The van der Waals surface area contributed by atoms with Gasteiger partial charge < -0.3 is 9.64 Å². The number of carbonyl (C=O) groups is 1. The standard InChI is InChI=1S/C15H30N2O2/c1-5-14(4)19-12-6-7-16-8-10-17(11-9-16)15(18)13(2)3/h13-14H,5-12H2,1-4H3. The normalized spacial score (nSPS) is 18.9. The third-order valence-electron chi connectivity index (χ3n) is 3.77. The highest BCUT2D eigenvalue weighted by Crippen LogP contribution is 2.07. The fourth-order valence-electron chi connectivity index (χ4n) is 2.25. The second-order valence-corrected chi connectivity index (χ2v) is 5.76. The molecule has 0 radical (unpaired) electrons. The molecule has 0 aromatic heterocycles. The van der Waals surface area contributed by atoms with E-state index in [2.05, 4.69) is 18.7 Å². The van der Waals surface area contributed by atoms with Gasteiger partial charge in [-0.25, -0.2) is 0 Å². The first-order valence-corrected chi connectivity index (χ1v) is 7.67. The van der Waals surface area contributed by atoms with Crippen molar-refractivity contribution in [3.8, 4) is 0 Å². The van der Waals surface area contributed by atoms with Crippen LogP contribution in [0.15, 0.2) is 0 Å². The lowest BCUT2D eigenvalue weighted by atomic mass is 10.1. The zero-order valence-corrected chi connectivity index (χ0v) is 13.0. The van der Waals surface area contributed by atoms with Crippen LogP contribution >= 0.6 is 0 Å². The molecule has 1 aliphatic rings. The first-order chi connectivity index (χ1) is 9.04. The second-order valence-electron chi connectivity index (χ2n) is 5.76. The first kappa shape index (κ1) is 16.4. The van der Waals surface area contributed by atoms with Crippen molar-refractivity contribution in [1.82, 2.24) is 9.80 Å². The van der Waals surface area contributed by atoms with Gasteiger partial charge in [-0.15, -0.1) is 0 Å². The van der Waals surface area contributed by atoms with Gasteiger partial charge in [0.25, 0.3) is 0 Å². The van der Waals surface area contributed by atoms with Gasteiger partial charge in [0, 0.05) is 45.2 Å². The Morgan fingerprint density at radius 1 is 1.16 bits per heavy atom. The molecular weight excluding hydrogens is 240 g/mol. The van der Waals surface area contributed by atoms with Gasteiger partial charge in [-0.1, -0.05) is 20.8 Å². The van der Waals surface area contributed by atoms with E-state index in [1.54, 1.807) is 0 Å². The molecule has 4 heteroatoms. The van der Waals surface area contributed by atoms with Crippen molar-refractivity contribution >= 4 is 5.91 Å². The van der Waals surface area contributed by atoms with Crippen molar-refractivity contribution in [1.29, 1.82) is 0 Å². The maximum Gasteiger partial charge on any atom is 0.225 e. The number of nitrogens with zero attached hydrogens (tertiary/aromatic N) is 2. The maximum atomic E-state index is 11.9. The van der Waals surface area contributed by atoms with E-state index < -0.39 is 0 Å². The van der Waals surface area contributed by atoms with E-state index in [0.29, 0.717) is 12.0 Å². The third kappa shape index (κ3) is 5.91. The third-order valence-corrected chi connectivity index (χ3v) is 3.77. The lowest BCUT2D eigenvalue weighted by Crippen LogP contribution is -2.50. The predicted octanol–water partition coefficient (Wildman–Crippen LogP) is 1.99. The van der Waals surface area contributed by atoms with Crippen molar-refractivity contribution in [2.45, 2.75) is 46.6 Å². The van der Waals surface area contributed by atoms with E-state index in [9.17, 15) is 4.79 Å². The number of hydrogen-bond donors (Lipinski definition) is 0. The average molecular weight is 270 g/mol. The highest BCUT2D eigenvalue weighted by molar-refractivity contribution is 5.78. The Hall–Kier alpha value is -0.610. The van der Waals surface area contributed by atoms with E-state index >= 15 is 0 Å². The molecule has 1 fully saturated rings. The maximum absolute atomic E-state index is 11.9. The molecule has 1 unspecified atom stereocenters. The Kier molecular flexibility index (Phi) is 7.39. The van der Waals surface area contributed by atoms with E-state index in [4.69, 9.17) is 4.74 Å². The van der Waals surface area contributed by atoms with Crippen LogP contribution in [0.2, 0.25) is 0 Å². The molecule has 1 atom stereocenters. The Morgan fingerprint density at radius 2 is 1.79 bits per heavy atom. The second kappa shape index (κ2) is 8.54. The van der Waals surface area contributed by atoms with Crippen molar-refractivity contribution in [2.24, 2.45) is 5.92 Å². The van der Waals surface area contributed by atoms with Gasteiger partial charge in [0.05, 0.1) is 6.10 Å². The van der Waals surface area contributed by atoms with Gasteiger partial charge in [-0.05, 0) is 19.8 Å². The summed E-state index contributed by atoms with van der Waals surface area (Å²) in [4.78, 5) is 16.3. The lowest BCUT2D eigenvalue weighted by Gasteiger charge is -2.35. The number of rotatable bonds is 7. The Balaban J connectivity index is 2.12. The Bertz CT molecular complexity index is 261. The van der Waals surface area contributed by atoms with Crippen molar-refractivity contribution in [3.63, 3.8) is 0 Å². The van der Waals surface area contributed by atoms with Crippen molar-refractivity contribution in [2.75, 3.05) is 39.3 Å². The predicted molar refractivity (Wildman–Crippen MR) is 78.2 cm³/mol. The summed E-state index contributed by atoms with van der Waals surface area (Å²) in [5.41, 5.74) is 0. The zero-order chi connectivity index (χ0) is 14.3. The lowest BCUT2D eigenvalue weighted by molar-refractivity contribution is -0.136. The smallest absolute Gasteiger partial charge is 0.225 e. The molecule has 1 aliphatic heterocycles. The van der Waals surface area contributed by atoms with Crippen molar-refractivity contribution < 1.29 is 9.53 Å². The van der Waals surface area contributed by atoms with Gasteiger partial charge in [0.1, 0.15) is 0 Å². The Labute approximate surface area is 118 Å². The molecule has 0 spiro atoms. The summed E-state index contributed by atoms with van der Waals surface area (Å²) >= 11 is 0. The molecule has 1 heterocycles. The van der Waals surface area contributed by atoms with E-state index in [1.165, 1.54) is 0 Å². The summed E-state index contributed by atoms with van der Waals surface area (Å²) in [7, 11) is 0. The molecule has 0 aromatic rings. The highest BCUT2D eigenvalue weighted by Gasteiger charge is 2.22. The van der Waals surface area contributed by atoms with Gasteiger partial charge in [-0.2, -0.15) is 0 Å². The molecule has 0 aliphatic carbocycles. The van der Waals surface area contributed by atoms with Crippen LogP contribution in [0, 0.1) is 5.92 Å². The molecule has 1 saturated heterocycles. The molecule has 1 rings (SSSR count). The topological polar surface area (TPSA) is 32.8 Å². The van der Waals surface area contributed by atoms with Crippen molar-refractivity contribution in [3.05, 3.63) is 0 Å². The van der Waals surface area contributed by atoms with Crippen LogP contribution in [0.5, 0.6) is 0 Å². The summed E-state index contributed by atoms with van der Waals surface area (Å²) < 4.78 is 5.68. The molecule has 0 aromatic carbocycles. The summed E-state index contributed by atoms with van der Waals surface area (Å²) in [5, 5.41) is 0. The minimum absolute atomic E-state index is 0.121. The molecule has 4 nitrogen and oxygen atoms in total. The summed E-state index contributed by atoms with van der Waals surface area (Å²) in [6.45, 7) is 13.9. The molecule has 0 bridgehead atoms. The average Bonchev–Trinajstić information content (AvgIpc) is 2.43. The van der Waals surface area contributed by atoms with Gasteiger partial charge in [-0.3, -0.25) is 9.69 Å². The SMILES string of the molecule is CCC(C)OCCCN1CCN(C(=O)C(C)C)CC1.